The predicted molar refractivity (Wildman–Crippen MR) is 99.9 cm³/mol. The summed E-state index contributed by atoms with van der Waals surface area (Å²) < 4.78 is 2.38. The number of para-hydroxylation sites is 1. The van der Waals surface area contributed by atoms with Gasteiger partial charge in [0, 0.05) is 18.1 Å². The van der Waals surface area contributed by atoms with Crippen molar-refractivity contribution in [3.63, 3.8) is 0 Å². The summed E-state index contributed by atoms with van der Waals surface area (Å²) in [6, 6.07) is 9.31. The van der Waals surface area contributed by atoms with Crippen LogP contribution < -0.4 is 4.90 Å². The van der Waals surface area contributed by atoms with E-state index in [1.54, 1.807) is 0 Å². The van der Waals surface area contributed by atoms with E-state index in [1.807, 2.05) is 17.5 Å². The third-order valence-corrected chi connectivity index (χ3v) is 7.25. The van der Waals surface area contributed by atoms with Gasteiger partial charge in [0.05, 0.1) is 22.2 Å². The van der Waals surface area contributed by atoms with E-state index in [-0.39, 0.29) is 5.54 Å². The van der Waals surface area contributed by atoms with E-state index in [0.29, 0.717) is 6.04 Å². The zero-order valence-corrected chi connectivity index (χ0v) is 15.1. The van der Waals surface area contributed by atoms with Crippen LogP contribution >= 0.6 is 11.3 Å². The van der Waals surface area contributed by atoms with Gasteiger partial charge >= 0.3 is 0 Å². The molecule has 0 N–H and O–H groups in total. The van der Waals surface area contributed by atoms with Crippen molar-refractivity contribution in [2.45, 2.75) is 57.5 Å². The molecular formula is C20H23N3S. The smallest absolute Gasteiger partial charge is 0.194 e. The number of imidazole rings is 1. The maximum atomic E-state index is 4.57. The fraction of sp³-hybridized carbons (Fsp3) is 0.450. The minimum absolute atomic E-state index is 0.137. The van der Waals surface area contributed by atoms with Gasteiger partial charge in [0.2, 0.25) is 0 Å². The summed E-state index contributed by atoms with van der Waals surface area (Å²) in [6.07, 6.45) is 10.6. The van der Waals surface area contributed by atoms with Crippen LogP contribution in [0.1, 0.15) is 61.2 Å². The molecule has 5 rings (SSSR count). The van der Waals surface area contributed by atoms with E-state index in [1.165, 1.54) is 53.9 Å². The maximum absolute atomic E-state index is 4.57. The van der Waals surface area contributed by atoms with Crippen molar-refractivity contribution in [3.05, 3.63) is 52.8 Å². The van der Waals surface area contributed by atoms with Gasteiger partial charge in [-0.25, -0.2) is 4.98 Å². The molecule has 24 heavy (non-hydrogen) atoms. The van der Waals surface area contributed by atoms with Crippen molar-refractivity contribution in [1.29, 1.82) is 0 Å². The van der Waals surface area contributed by atoms with E-state index in [0.717, 1.165) is 4.96 Å². The minimum atomic E-state index is 0.137. The van der Waals surface area contributed by atoms with Crippen molar-refractivity contribution < 1.29 is 0 Å². The summed E-state index contributed by atoms with van der Waals surface area (Å²) in [4.78, 5) is 9.98. The van der Waals surface area contributed by atoms with Gasteiger partial charge in [-0.1, -0.05) is 48.8 Å². The SMILES string of the molecule is Cc1ccccc1N1[C@@H](C)c2sc3nccn3c2C12CCCCC2. The Kier molecular flexibility index (Phi) is 3.08. The third-order valence-electron chi connectivity index (χ3n) is 6.01. The summed E-state index contributed by atoms with van der Waals surface area (Å²) in [5.74, 6) is 0. The predicted octanol–water partition coefficient (Wildman–Crippen LogP) is 5.44. The average Bonchev–Trinajstić information content (AvgIpc) is 3.22. The fourth-order valence-electron chi connectivity index (χ4n) is 5.03. The Balaban J connectivity index is 1.78. The van der Waals surface area contributed by atoms with Crippen LogP contribution in [-0.4, -0.2) is 9.38 Å². The molecule has 2 aromatic heterocycles. The first-order valence-electron chi connectivity index (χ1n) is 9.03. The highest BCUT2D eigenvalue weighted by Crippen LogP contribution is 2.57. The van der Waals surface area contributed by atoms with Gasteiger partial charge in [-0.05, 0) is 38.3 Å². The van der Waals surface area contributed by atoms with Crippen molar-refractivity contribution in [1.82, 2.24) is 9.38 Å². The van der Waals surface area contributed by atoms with Crippen LogP contribution in [0.5, 0.6) is 0 Å². The zero-order valence-electron chi connectivity index (χ0n) is 14.3. The number of rotatable bonds is 1. The molecule has 3 nitrogen and oxygen atoms in total. The van der Waals surface area contributed by atoms with Crippen molar-refractivity contribution in [3.8, 4) is 0 Å². The highest BCUT2D eigenvalue weighted by atomic mass is 32.1. The topological polar surface area (TPSA) is 20.5 Å². The second-order valence-corrected chi connectivity index (χ2v) is 8.33. The number of fused-ring (bicyclic) bond motifs is 4. The summed E-state index contributed by atoms with van der Waals surface area (Å²) >= 11 is 1.88. The van der Waals surface area contributed by atoms with Crippen LogP contribution in [0.2, 0.25) is 0 Å². The van der Waals surface area contributed by atoms with Gasteiger partial charge in [-0.3, -0.25) is 4.40 Å². The van der Waals surface area contributed by atoms with Gasteiger partial charge < -0.3 is 4.90 Å². The molecular weight excluding hydrogens is 314 g/mol. The number of aromatic nitrogens is 2. The van der Waals surface area contributed by atoms with E-state index in [2.05, 4.69) is 58.6 Å². The first kappa shape index (κ1) is 14.5. The molecule has 1 saturated carbocycles. The summed E-state index contributed by atoms with van der Waals surface area (Å²) in [5.41, 5.74) is 4.45. The average molecular weight is 337 g/mol. The number of hydrogen-bond acceptors (Lipinski definition) is 3. The molecule has 2 aliphatic rings. The van der Waals surface area contributed by atoms with E-state index in [9.17, 15) is 0 Å². The number of aryl methyl sites for hydroxylation is 1. The van der Waals surface area contributed by atoms with Crippen LogP contribution in [0.4, 0.5) is 5.69 Å². The Bertz CT molecular complexity index is 901. The first-order valence-corrected chi connectivity index (χ1v) is 9.85. The normalized spacial score (nSPS) is 22.4. The van der Waals surface area contributed by atoms with Crippen LogP contribution in [-0.2, 0) is 5.54 Å². The molecule has 1 aliphatic heterocycles. The highest BCUT2D eigenvalue weighted by Gasteiger charge is 2.52. The standard InChI is InChI=1S/C20H23N3S/c1-14-8-4-5-9-16(14)23-15(2)17-18(20(23)10-6-3-7-11-20)22-13-12-21-19(22)24-17/h4-5,8-9,12-13,15H,3,6-7,10-11H2,1-2H3/t15-/m0/s1. The number of thiazole rings is 1. The molecule has 0 amide bonds. The highest BCUT2D eigenvalue weighted by molar-refractivity contribution is 7.17. The van der Waals surface area contributed by atoms with Gasteiger partial charge in [0.25, 0.3) is 0 Å². The molecule has 0 saturated heterocycles. The van der Waals surface area contributed by atoms with Crippen LogP contribution in [0.25, 0.3) is 4.96 Å². The summed E-state index contributed by atoms with van der Waals surface area (Å²) in [7, 11) is 0. The van der Waals surface area contributed by atoms with Crippen LogP contribution in [0, 0.1) is 6.92 Å². The monoisotopic (exact) mass is 337 g/mol. The van der Waals surface area contributed by atoms with Gasteiger partial charge in [0.15, 0.2) is 4.96 Å². The van der Waals surface area contributed by atoms with Gasteiger partial charge in [0.1, 0.15) is 0 Å². The second kappa shape index (κ2) is 5.09. The summed E-state index contributed by atoms with van der Waals surface area (Å²) in [5, 5.41) is 0. The third kappa shape index (κ3) is 1.75. The fourth-order valence-corrected chi connectivity index (χ4v) is 6.25. The lowest BCUT2D eigenvalue weighted by molar-refractivity contribution is 0.277. The van der Waals surface area contributed by atoms with Crippen LogP contribution in [0.3, 0.4) is 0 Å². The Morgan fingerprint density at radius 2 is 1.96 bits per heavy atom. The lowest BCUT2D eigenvalue weighted by Crippen LogP contribution is -2.45. The van der Waals surface area contributed by atoms with Gasteiger partial charge in [-0.15, -0.1) is 0 Å². The molecule has 0 unspecified atom stereocenters. The Labute approximate surface area is 146 Å². The molecule has 3 heterocycles. The molecule has 3 aromatic rings. The molecule has 0 bridgehead atoms. The van der Waals surface area contributed by atoms with E-state index < -0.39 is 0 Å². The maximum Gasteiger partial charge on any atom is 0.194 e. The first-order chi connectivity index (χ1) is 11.7. The summed E-state index contributed by atoms with van der Waals surface area (Å²) in [6.45, 7) is 4.63. The molecule has 1 spiro atoms. The molecule has 124 valence electrons. The Hall–Kier alpha value is -1.81. The van der Waals surface area contributed by atoms with Crippen molar-refractivity contribution in [2.24, 2.45) is 0 Å². The largest absolute Gasteiger partial charge is 0.352 e. The number of nitrogens with zero attached hydrogens (tertiary/aromatic N) is 3. The number of hydrogen-bond donors (Lipinski definition) is 0. The van der Waals surface area contributed by atoms with Gasteiger partial charge in [-0.2, -0.15) is 0 Å². The zero-order chi connectivity index (χ0) is 16.3. The molecule has 1 aliphatic carbocycles. The van der Waals surface area contributed by atoms with Crippen LogP contribution in [0.15, 0.2) is 36.7 Å². The van der Waals surface area contributed by atoms with Crippen molar-refractivity contribution in [2.75, 3.05) is 4.90 Å². The number of benzene rings is 1. The Morgan fingerprint density at radius 3 is 2.75 bits per heavy atom. The quantitative estimate of drug-likeness (QED) is 0.589. The molecule has 1 atom stereocenters. The second-order valence-electron chi connectivity index (χ2n) is 7.32. The molecule has 1 aromatic carbocycles. The van der Waals surface area contributed by atoms with E-state index >= 15 is 0 Å². The van der Waals surface area contributed by atoms with E-state index in [4.69, 9.17) is 0 Å². The molecule has 0 radical (unpaired) electrons. The molecule has 4 heteroatoms. The minimum Gasteiger partial charge on any atom is -0.352 e. The number of anilines is 1. The lowest BCUT2D eigenvalue weighted by Gasteiger charge is -2.45. The molecule has 1 fully saturated rings. The Morgan fingerprint density at radius 1 is 1.17 bits per heavy atom. The van der Waals surface area contributed by atoms with Crippen molar-refractivity contribution >= 4 is 22.0 Å². The lowest BCUT2D eigenvalue weighted by atomic mass is 9.79.